The third kappa shape index (κ3) is 3.94. The zero-order valence-corrected chi connectivity index (χ0v) is 22.5. The first-order chi connectivity index (χ1) is 20.3. The number of hydrogen-bond donors (Lipinski definition) is 0. The van der Waals surface area contributed by atoms with Gasteiger partial charge >= 0.3 is 0 Å². The van der Waals surface area contributed by atoms with Gasteiger partial charge in [0, 0.05) is 16.8 Å². The van der Waals surface area contributed by atoms with Crippen molar-refractivity contribution in [1.29, 1.82) is 0 Å². The molecule has 0 amide bonds. The average molecular weight is 522 g/mol. The fourth-order valence-electron chi connectivity index (χ4n) is 6.30. The lowest BCUT2D eigenvalue weighted by Gasteiger charge is -2.27. The Morgan fingerprint density at radius 2 is 0.780 bits per heavy atom. The second-order valence-corrected chi connectivity index (χ2v) is 10.6. The van der Waals surface area contributed by atoms with Crippen molar-refractivity contribution < 1.29 is 0 Å². The van der Waals surface area contributed by atoms with Crippen molar-refractivity contribution in [2.24, 2.45) is 0 Å². The van der Waals surface area contributed by atoms with E-state index in [1.165, 1.54) is 59.9 Å². The Bertz CT molecular complexity index is 2150. The summed E-state index contributed by atoms with van der Waals surface area (Å²) in [5, 5.41) is 10.3. The maximum absolute atomic E-state index is 2.36. The van der Waals surface area contributed by atoms with Gasteiger partial charge in [-0.2, -0.15) is 0 Å². The predicted molar refractivity (Wildman–Crippen MR) is 177 cm³/mol. The summed E-state index contributed by atoms with van der Waals surface area (Å²) < 4.78 is 0. The Hall–Kier alpha value is -5.40. The van der Waals surface area contributed by atoms with E-state index in [9.17, 15) is 0 Å². The summed E-state index contributed by atoms with van der Waals surface area (Å²) in [7, 11) is 0. The number of benzene rings is 8. The largest absolute Gasteiger partial charge is 0.310 e. The number of rotatable bonds is 4. The van der Waals surface area contributed by atoms with Gasteiger partial charge in [0.05, 0.1) is 5.69 Å². The standard InChI is InChI=1S/C40H27N/c1-2-13-31(14-3-1)41(40-20-10-12-29-11-4-5-15-33(29)40)32-24-21-28(22-25-32)30-23-26-38-36-18-7-6-16-34(36)35-17-8-9-19-37(35)39(38)27-30/h1-27H. The molecule has 0 saturated carbocycles. The van der Waals surface area contributed by atoms with Gasteiger partial charge in [0.15, 0.2) is 0 Å². The Morgan fingerprint density at radius 3 is 1.46 bits per heavy atom. The van der Waals surface area contributed by atoms with Crippen molar-refractivity contribution >= 4 is 60.2 Å². The minimum Gasteiger partial charge on any atom is -0.310 e. The smallest absolute Gasteiger partial charge is 0.0540 e. The van der Waals surface area contributed by atoms with Gasteiger partial charge in [-0.15, -0.1) is 0 Å². The van der Waals surface area contributed by atoms with Gasteiger partial charge in [-0.3, -0.25) is 0 Å². The molecule has 0 atom stereocenters. The van der Waals surface area contributed by atoms with E-state index in [2.05, 4.69) is 169 Å². The normalized spacial score (nSPS) is 11.4. The molecule has 0 aromatic heterocycles. The van der Waals surface area contributed by atoms with Crippen LogP contribution in [0.2, 0.25) is 0 Å². The predicted octanol–water partition coefficient (Wildman–Crippen LogP) is 11.4. The molecular formula is C40H27N. The van der Waals surface area contributed by atoms with Crippen LogP contribution < -0.4 is 4.90 Å². The molecule has 0 spiro atoms. The summed E-state index contributed by atoms with van der Waals surface area (Å²) in [4.78, 5) is 2.35. The quantitative estimate of drug-likeness (QED) is 0.208. The van der Waals surface area contributed by atoms with Gasteiger partial charge in [0.25, 0.3) is 0 Å². The molecule has 0 unspecified atom stereocenters. The van der Waals surface area contributed by atoms with Crippen LogP contribution in [-0.4, -0.2) is 0 Å². The molecule has 8 aromatic rings. The molecule has 0 N–H and O–H groups in total. The summed E-state index contributed by atoms with van der Waals surface area (Å²) >= 11 is 0. The van der Waals surface area contributed by atoms with Crippen molar-refractivity contribution in [3.63, 3.8) is 0 Å². The highest BCUT2D eigenvalue weighted by molar-refractivity contribution is 6.25. The van der Waals surface area contributed by atoms with Crippen LogP contribution in [0.4, 0.5) is 17.1 Å². The Labute approximate surface area is 239 Å². The molecule has 0 fully saturated rings. The van der Waals surface area contributed by atoms with Crippen LogP contribution in [0.1, 0.15) is 0 Å². The monoisotopic (exact) mass is 521 g/mol. The highest BCUT2D eigenvalue weighted by Gasteiger charge is 2.15. The topological polar surface area (TPSA) is 3.24 Å². The molecule has 0 radical (unpaired) electrons. The maximum Gasteiger partial charge on any atom is 0.0540 e. The Kier molecular flexibility index (Phi) is 5.53. The van der Waals surface area contributed by atoms with Gasteiger partial charge in [0.2, 0.25) is 0 Å². The van der Waals surface area contributed by atoms with Crippen LogP contribution in [0.5, 0.6) is 0 Å². The summed E-state index contributed by atoms with van der Waals surface area (Å²) in [5.41, 5.74) is 5.88. The molecule has 8 aromatic carbocycles. The van der Waals surface area contributed by atoms with Crippen molar-refractivity contribution in [2.75, 3.05) is 4.90 Å². The van der Waals surface area contributed by atoms with Gasteiger partial charge in [-0.1, -0.05) is 127 Å². The Balaban J connectivity index is 1.27. The molecule has 192 valence electrons. The van der Waals surface area contributed by atoms with E-state index < -0.39 is 0 Å². The first-order valence-electron chi connectivity index (χ1n) is 14.1. The lowest BCUT2D eigenvalue weighted by atomic mass is 9.92. The van der Waals surface area contributed by atoms with E-state index in [-0.39, 0.29) is 0 Å². The van der Waals surface area contributed by atoms with Crippen molar-refractivity contribution in [2.45, 2.75) is 0 Å². The van der Waals surface area contributed by atoms with E-state index in [4.69, 9.17) is 0 Å². The number of nitrogens with zero attached hydrogens (tertiary/aromatic N) is 1. The van der Waals surface area contributed by atoms with E-state index in [0.717, 1.165) is 11.4 Å². The van der Waals surface area contributed by atoms with Crippen LogP contribution in [0, 0.1) is 0 Å². The summed E-state index contributed by atoms with van der Waals surface area (Å²) in [5.74, 6) is 0. The van der Waals surface area contributed by atoms with Gasteiger partial charge < -0.3 is 4.90 Å². The second kappa shape index (κ2) is 9.66. The molecule has 0 aliphatic heterocycles. The molecule has 8 rings (SSSR count). The van der Waals surface area contributed by atoms with Crippen molar-refractivity contribution in [3.05, 3.63) is 164 Å². The third-order valence-corrected chi connectivity index (χ3v) is 8.22. The molecule has 0 aliphatic rings. The van der Waals surface area contributed by atoms with Crippen LogP contribution in [0.15, 0.2) is 164 Å². The molecular weight excluding hydrogens is 494 g/mol. The molecule has 0 aliphatic carbocycles. The van der Waals surface area contributed by atoms with E-state index in [0.29, 0.717) is 0 Å². The van der Waals surface area contributed by atoms with E-state index in [1.807, 2.05) is 0 Å². The number of hydrogen-bond acceptors (Lipinski definition) is 1. The minimum absolute atomic E-state index is 1.13. The summed E-state index contributed by atoms with van der Waals surface area (Å²) in [6.07, 6.45) is 0. The van der Waals surface area contributed by atoms with Gasteiger partial charge in [0.1, 0.15) is 0 Å². The third-order valence-electron chi connectivity index (χ3n) is 8.22. The second-order valence-electron chi connectivity index (χ2n) is 10.6. The molecule has 1 heteroatoms. The highest BCUT2D eigenvalue weighted by atomic mass is 15.1. The molecule has 1 nitrogen and oxygen atoms in total. The van der Waals surface area contributed by atoms with E-state index >= 15 is 0 Å². The average Bonchev–Trinajstić information content (AvgIpc) is 3.06. The van der Waals surface area contributed by atoms with Crippen LogP contribution in [0.3, 0.4) is 0 Å². The zero-order valence-electron chi connectivity index (χ0n) is 22.5. The molecule has 0 bridgehead atoms. The fraction of sp³-hybridized carbons (Fsp3) is 0. The number of fused-ring (bicyclic) bond motifs is 7. The van der Waals surface area contributed by atoms with E-state index in [1.54, 1.807) is 0 Å². The first kappa shape index (κ1) is 23.5. The molecule has 0 heterocycles. The maximum atomic E-state index is 2.36. The van der Waals surface area contributed by atoms with Crippen molar-refractivity contribution in [3.8, 4) is 11.1 Å². The van der Waals surface area contributed by atoms with Crippen LogP contribution in [-0.2, 0) is 0 Å². The van der Waals surface area contributed by atoms with Gasteiger partial charge in [-0.25, -0.2) is 0 Å². The molecule has 0 saturated heterocycles. The number of anilines is 3. The lowest BCUT2D eigenvalue weighted by molar-refractivity contribution is 1.30. The lowest BCUT2D eigenvalue weighted by Crippen LogP contribution is -2.10. The SMILES string of the molecule is c1ccc(N(c2ccc(-c3ccc4c5ccccc5c5ccccc5c4c3)cc2)c2cccc3ccccc23)cc1. The van der Waals surface area contributed by atoms with Gasteiger partial charge in [-0.05, 0) is 85.2 Å². The van der Waals surface area contributed by atoms with Crippen LogP contribution in [0.25, 0.3) is 54.2 Å². The summed E-state index contributed by atoms with van der Waals surface area (Å²) in [6.45, 7) is 0. The first-order valence-corrected chi connectivity index (χ1v) is 14.1. The fourth-order valence-corrected chi connectivity index (χ4v) is 6.30. The zero-order chi connectivity index (χ0) is 27.2. The summed E-state index contributed by atoms with van der Waals surface area (Å²) in [6, 6.07) is 59.2. The minimum atomic E-state index is 1.13. The highest BCUT2D eigenvalue weighted by Crippen LogP contribution is 2.40. The van der Waals surface area contributed by atoms with Crippen molar-refractivity contribution in [1.82, 2.24) is 0 Å². The van der Waals surface area contributed by atoms with Crippen LogP contribution >= 0.6 is 0 Å². The number of para-hydroxylation sites is 1. The Morgan fingerprint density at radius 1 is 0.293 bits per heavy atom. The molecule has 41 heavy (non-hydrogen) atoms.